The number of amides is 1. The Balaban J connectivity index is 1.61. The highest BCUT2D eigenvalue weighted by Crippen LogP contribution is 2.26. The number of nitrogens with one attached hydrogen (secondary N) is 1. The molecular weight excluding hydrogens is 342 g/mol. The van der Waals surface area contributed by atoms with E-state index in [0.717, 1.165) is 10.9 Å². The molecule has 1 amide bonds. The van der Waals surface area contributed by atoms with Gasteiger partial charge in [0.2, 0.25) is 5.91 Å². The molecule has 130 valence electrons. The number of rotatable bonds is 6. The van der Waals surface area contributed by atoms with E-state index in [1.807, 2.05) is 12.1 Å². The second kappa shape index (κ2) is 7.59. The van der Waals surface area contributed by atoms with Crippen molar-refractivity contribution in [3.05, 3.63) is 64.9 Å². The fourth-order valence-electron chi connectivity index (χ4n) is 2.61. The Morgan fingerprint density at radius 1 is 1.32 bits per heavy atom. The van der Waals surface area contributed by atoms with Gasteiger partial charge >= 0.3 is 0 Å². The van der Waals surface area contributed by atoms with E-state index < -0.39 is 6.10 Å². The fourth-order valence-corrected chi connectivity index (χ4v) is 2.80. The molecule has 25 heavy (non-hydrogen) atoms. The number of aliphatic hydroxyl groups is 1. The Kier molecular flexibility index (Phi) is 5.26. The van der Waals surface area contributed by atoms with E-state index in [1.54, 1.807) is 43.7 Å². The lowest BCUT2D eigenvalue weighted by Gasteiger charge is -2.12. The van der Waals surface area contributed by atoms with Crippen LogP contribution >= 0.6 is 11.6 Å². The molecule has 5 nitrogen and oxygen atoms in total. The van der Waals surface area contributed by atoms with Crippen molar-refractivity contribution in [2.24, 2.45) is 0 Å². The van der Waals surface area contributed by atoms with Crippen molar-refractivity contribution < 1.29 is 19.1 Å². The van der Waals surface area contributed by atoms with Crippen molar-refractivity contribution in [3.8, 4) is 5.75 Å². The molecule has 1 heterocycles. The zero-order valence-electron chi connectivity index (χ0n) is 13.7. The van der Waals surface area contributed by atoms with Gasteiger partial charge in [0, 0.05) is 28.6 Å². The Labute approximate surface area is 150 Å². The Morgan fingerprint density at radius 3 is 2.92 bits per heavy atom. The van der Waals surface area contributed by atoms with Gasteiger partial charge in [-0.25, -0.2) is 0 Å². The molecule has 0 saturated heterocycles. The van der Waals surface area contributed by atoms with Crippen molar-refractivity contribution in [2.45, 2.75) is 12.5 Å². The maximum atomic E-state index is 12.2. The molecule has 0 saturated carbocycles. The molecule has 1 atom stereocenters. The summed E-state index contributed by atoms with van der Waals surface area (Å²) in [5.41, 5.74) is 2.11. The first-order chi connectivity index (χ1) is 12.1. The number of hydrogen-bond donors (Lipinski definition) is 2. The van der Waals surface area contributed by atoms with Crippen molar-refractivity contribution in [1.29, 1.82) is 0 Å². The molecule has 0 radical (unpaired) electrons. The lowest BCUT2D eigenvalue weighted by atomic mass is 10.1. The van der Waals surface area contributed by atoms with Gasteiger partial charge in [-0.05, 0) is 29.8 Å². The number of aliphatic hydroxyl groups excluding tert-OH is 1. The molecule has 0 fully saturated rings. The number of carbonyl (C=O) groups excluding carboxylic acids is 1. The zero-order chi connectivity index (χ0) is 17.8. The molecule has 0 bridgehead atoms. The maximum absolute atomic E-state index is 12.2. The van der Waals surface area contributed by atoms with E-state index in [9.17, 15) is 9.90 Å². The Morgan fingerprint density at radius 2 is 2.16 bits per heavy atom. The molecule has 2 aromatic carbocycles. The summed E-state index contributed by atoms with van der Waals surface area (Å²) in [6.07, 6.45) is 0.923. The van der Waals surface area contributed by atoms with Gasteiger partial charge in [0.05, 0.1) is 25.9 Å². The van der Waals surface area contributed by atoms with Crippen LogP contribution in [0.5, 0.6) is 5.75 Å². The van der Waals surface area contributed by atoms with Gasteiger partial charge in [0.15, 0.2) is 0 Å². The topological polar surface area (TPSA) is 71.7 Å². The number of ether oxygens (including phenoxy) is 1. The molecule has 0 aliphatic heterocycles. The number of hydrogen-bond acceptors (Lipinski definition) is 4. The molecule has 3 aromatic rings. The van der Waals surface area contributed by atoms with Gasteiger partial charge in [-0.1, -0.05) is 23.7 Å². The van der Waals surface area contributed by atoms with Gasteiger partial charge in [0.1, 0.15) is 11.3 Å². The average molecular weight is 360 g/mol. The number of furan rings is 1. The number of carbonyl (C=O) groups is 1. The summed E-state index contributed by atoms with van der Waals surface area (Å²) < 4.78 is 10.6. The van der Waals surface area contributed by atoms with Crippen LogP contribution in [0.15, 0.2) is 53.1 Å². The van der Waals surface area contributed by atoms with E-state index >= 15 is 0 Å². The standard InChI is InChI=1S/C19H18ClNO4/c1-24-15-5-6-16-13(11-25-18(16)9-15)8-19(23)21-10-17(22)12-3-2-4-14(20)7-12/h2-7,9,11,17,22H,8,10H2,1H3,(H,21,23). The van der Waals surface area contributed by atoms with Crippen LogP contribution in [0.2, 0.25) is 5.02 Å². The predicted octanol–water partition coefficient (Wildman–Crippen LogP) is 3.49. The van der Waals surface area contributed by atoms with Crippen LogP contribution in [0.25, 0.3) is 11.0 Å². The smallest absolute Gasteiger partial charge is 0.224 e. The molecule has 3 rings (SSSR count). The quantitative estimate of drug-likeness (QED) is 0.706. The summed E-state index contributed by atoms with van der Waals surface area (Å²) in [4.78, 5) is 12.2. The van der Waals surface area contributed by atoms with Gasteiger partial charge in [0.25, 0.3) is 0 Å². The molecular formula is C19H18ClNO4. The molecule has 1 unspecified atom stereocenters. The minimum atomic E-state index is -0.812. The van der Waals surface area contributed by atoms with Crippen molar-refractivity contribution >= 4 is 28.5 Å². The molecule has 2 N–H and O–H groups in total. The third kappa shape index (κ3) is 4.13. The van der Waals surface area contributed by atoms with Crippen LogP contribution < -0.4 is 10.1 Å². The predicted molar refractivity (Wildman–Crippen MR) is 95.9 cm³/mol. The highest BCUT2D eigenvalue weighted by molar-refractivity contribution is 6.30. The van der Waals surface area contributed by atoms with Crippen molar-refractivity contribution in [1.82, 2.24) is 5.32 Å². The number of halogens is 1. The largest absolute Gasteiger partial charge is 0.497 e. The summed E-state index contributed by atoms with van der Waals surface area (Å²) in [5.74, 6) is 0.502. The first kappa shape index (κ1) is 17.3. The highest BCUT2D eigenvalue weighted by Gasteiger charge is 2.13. The van der Waals surface area contributed by atoms with Crippen LogP contribution in [0.1, 0.15) is 17.2 Å². The van der Waals surface area contributed by atoms with Gasteiger partial charge in [-0.2, -0.15) is 0 Å². The van der Waals surface area contributed by atoms with Gasteiger partial charge < -0.3 is 19.6 Å². The van der Waals surface area contributed by atoms with Crippen LogP contribution in [0.3, 0.4) is 0 Å². The SMILES string of the molecule is COc1ccc2c(CC(=O)NCC(O)c3cccc(Cl)c3)coc2c1. The molecule has 6 heteroatoms. The van der Waals surface area contributed by atoms with E-state index in [0.29, 0.717) is 21.9 Å². The normalized spacial score (nSPS) is 12.1. The van der Waals surface area contributed by atoms with Crippen molar-refractivity contribution in [3.63, 3.8) is 0 Å². The van der Waals surface area contributed by atoms with Gasteiger partial charge in [-0.15, -0.1) is 0 Å². The van der Waals surface area contributed by atoms with E-state index in [1.165, 1.54) is 0 Å². The molecule has 0 aliphatic carbocycles. The first-order valence-corrected chi connectivity index (χ1v) is 8.19. The van der Waals surface area contributed by atoms with E-state index in [4.69, 9.17) is 20.8 Å². The Hall–Kier alpha value is -2.50. The minimum absolute atomic E-state index is 0.114. The zero-order valence-corrected chi connectivity index (χ0v) is 14.4. The lowest BCUT2D eigenvalue weighted by molar-refractivity contribution is -0.120. The summed E-state index contributed by atoms with van der Waals surface area (Å²) in [6.45, 7) is 0.114. The lowest BCUT2D eigenvalue weighted by Crippen LogP contribution is -2.29. The first-order valence-electron chi connectivity index (χ1n) is 7.81. The summed E-state index contributed by atoms with van der Waals surface area (Å²) in [6, 6.07) is 12.4. The molecule has 1 aromatic heterocycles. The fraction of sp³-hybridized carbons (Fsp3) is 0.211. The van der Waals surface area contributed by atoms with E-state index in [-0.39, 0.29) is 18.9 Å². The number of methoxy groups -OCH3 is 1. The van der Waals surface area contributed by atoms with Crippen LogP contribution in [-0.2, 0) is 11.2 Å². The van der Waals surface area contributed by atoms with Crippen LogP contribution in [0, 0.1) is 0 Å². The average Bonchev–Trinajstić information content (AvgIpc) is 3.01. The summed E-state index contributed by atoms with van der Waals surface area (Å²) >= 11 is 5.91. The monoisotopic (exact) mass is 359 g/mol. The third-order valence-electron chi connectivity index (χ3n) is 3.94. The van der Waals surface area contributed by atoms with Crippen molar-refractivity contribution in [2.75, 3.05) is 13.7 Å². The van der Waals surface area contributed by atoms with Crippen LogP contribution in [0.4, 0.5) is 0 Å². The highest BCUT2D eigenvalue weighted by atomic mass is 35.5. The second-order valence-electron chi connectivity index (χ2n) is 5.67. The second-order valence-corrected chi connectivity index (χ2v) is 6.11. The molecule has 0 aliphatic rings. The number of benzene rings is 2. The van der Waals surface area contributed by atoms with E-state index in [2.05, 4.69) is 5.32 Å². The van der Waals surface area contributed by atoms with Crippen LogP contribution in [-0.4, -0.2) is 24.7 Å². The third-order valence-corrected chi connectivity index (χ3v) is 4.18. The summed E-state index contributed by atoms with van der Waals surface area (Å²) in [5, 5.41) is 14.3. The van der Waals surface area contributed by atoms with Gasteiger partial charge in [-0.3, -0.25) is 4.79 Å². The Bertz CT molecular complexity index is 890. The maximum Gasteiger partial charge on any atom is 0.224 e. The molecule has 0 spiro atoms. The number of fused-ring (bicyclic) bond motifs is 1. The summed E-state index contributed by atoms with van der Waals surface area (Å²) in [7, 11) is 1.59. The minimum Gasteiger partial charge on any atom is -0.497 e.